The van der Waals surface area contributed by atoms with Crippen LogP contribution in [0, 0.1) is 6.92 Å². The van der Waals surface area contributed by atoms with E-state index in [-0.39, 0.29) is 29.3 Å². The van der Waals surface area contributed by atoms with Gasteiger partial charge in [-0.05, 0) is 55.7 Å². The number of hydrogen-bond acceptors (Lipinski definition) is 4. The number of sulfonamides is 1. The van der Waals surface area contributed by atoms with Gasteiger partial charge in [-0.1, -0.05) is 18.2 Å². The molecule has 0 aliphatic carbocycles. The quantitative estimate of drug-likeness (QED) is 0.812. The first-order valence-corrected chi connectivity index (χ1v) is 10.1. The van der Waals surface area contributed by atoms with Crippen LogP contribution in [0.15, 0.2) is 53.4 Å². The maximum absolute atomic E-state index is 12.6. The fourth-order valence-corrected chi connectivity index (χ4v) is 4.08. The van der Waals surface area contributed by atoms with Crippen LogP contribution in [0.4, 0.5) is 5.69 Å². The third kappa shape index (κ3) is 5.00. The van der Waals surface area contributed by atoms with Gasteiger partial charge in [0.05, 0.1) is 10.6 Å². The van der Waals surface area contributed by atoms with Gasteiger partial charge in [-0.15, -0.1) is 12.4 Å². The van der Waals surface area contributed by atoms with Gasteiger partial charge in [-0.25, -0.2) is 8.42 Å². The summed E-state index contributed by atoms with van der Waals surface area (Å²) in [6, 6.07) is 13.4. The number of nitrogens with two attached hydrogens (primary N) is 1. The first-order valence-electron chi connectivity index (χ1n) is 8.60. The van der Waals surface area contributed by atoms with Crippen LogP contribution in [0.25, 0.3) is 0 Å². The van der Waals surface area contributed by atoms with Gasteiger partial charge in [0, 0.05) is 24.7 Å². The minimum atomic E-state index is -3.70. The van der Waals surface area contributed by atoms with Crippen LogP contribution in [0.2, 0.25) is 0 Å². The highest BCUT2D eigenvalue weighted by Crippen LogP contribution is 2.20. The molecule has 0 unspecified atom stereocenters. The molecule has 146 valence electrons. The van der Waals surface area contributed by atoms with E-state index in [1.54, 1.807) is 29.2 Å². The average Bonchev–Trinajstić information content (AvgIpc) is 2.64. The van der Waals surface area contributed by atoms with Gasteiger partial charge in [0.25, 0.3) is 15.9 Å². The number of nitrogens with one attached hydrogen (secondary N) is 1. The van der Waals surface area contributed by atoms with Gasteiger partial charge in [-0.3, -0.25) is 9.52 Å². The topological polar surface area (TPSA) is 92.5 Å². The summed E-state index contributed by atoms with van der Waals surface area (Å²) < 4.78 is 27.7. The molecule has 0 aromatic heterocycles. The van der Waals surface area contributed by atoms with Crippen molar-refractivity contribution in [3.8, 4) is 0 Å². The van der Waals surface area contributed by atoms with Gasteiger partial charge in [0.1, 0.15) is 0 Å². The average molecular weight is 410 g/mol. The maximum atomic E-state index is 12.6. The summed E-state index contributed by atoms with van der Waals surface area (Å²) in [5.74, 6) is -0.0901. The number of amides is 1. The molecular formula is C19H24ClN3O3S. The second-order valence-corrected chi connectivity index (χ2v) is 8.26. The summed E-state index contributed by atoms with van der Waals surface area (Å²) in [5.41, 5.74) is 7.73. The van der Waals surface area contributed by atoms with Gasteiger partial charge >= 0.3 is 0 Å². The lowest BCUT2D eigenvalue weighted by molar-refractivity contribution is 0.0714. The van der Waals surface area contributed by atoms with Crippen LogP contribution >= 0.6 is 12.4 Å². The fourth-order valence-electron chi connectivity index (χ4n) is 2.95. The molecule has 2 aromatic carbocycles. The minimum Gasteiger partial charge on any atom is -0.339 e. The molecule has 2 aromatic rings. The SMILES string of the molecule is Cc1ccccc1NS(=O)(=O)c1ccc(C(=O)N2CCC(N)CC2)cc1.Cl. The molecule has 27 heavy (non-hydrogen) atoms. The Morgan fingerprint density at radius 2 is 1.67 bits per heavy atom. The highest BCUT2D eigenvalue weighted by Gasteiger charge is 2.22. The Balaban J connectivity index is 0.00000261. The number of nitrogens with zero attached hydrogens (tertiary/aromatic N) is 1. The summed E-state index contributed by atoms with van der Waals surface area (Å²) in [7, 11) is -3.70. The molecule has 3 rings (SSSR count). The number of carbonyl (C=O) groups excluding carboxylic acids is 1. The summed E-state index contributed by atoms with van der Waals surface area (Å²) in [6.45, 7) is 3.11. The molecule has 1 heterocycles. The Bertz CT molecular complexity index is 893. The molecule has 0 atom stereocenters. The van der Waals surface area contributed by atoms with Gasteiger partial charge in [0.15, 0.2) is 0 Å². The van der Waals surface area contributed by atoms with Crippen molar-refractivity contribution in [3.63, 3.8) is 0 Å². The van der Waals surface area contributed by atoms with E-state index >= 15 is 0 Å². The number of carbonyl (C=O) groups is 1. The smallest absolute Gasteiger partial charge is 0.261 e. The van der Waals surface area contributed by atoms with E-state index in [4.69, 9.17) is 5.73 Å². The zero-order valence-corrected chi connectivity index (χ0v) is 16.7. The number of rotatable bonds is 4. The number of likely N-dealkylation sites (tertiary alicyclic amines) is 1. The molecule has 0 spiro atoms. The van der Waals surface area contributed by atoms with Crippen LogP contribution < -0.4 is 10.5 Å². The Labute approximate surface area is 166 Å². The van der Waals surface area contributed by atoms with Crippen molar-refractivity contribution in [3.05, 3.63) is 59.7 Å². The second kappa shape index (κ2) is 8.73. The molecule has 1 amide bonds. The predicted octanol–water partition coefficient (Wildman–Crippen LogP) is 2.78. The number of anilines is 1. The lowest BCUT2D eigenvalue weighted by Gasteiger charge is -2.30. The molecule has 1 aliphatic rings. The number of halogens is 1. The van der Waals surface area contributed by atoms with Crippen molar-refractivity contribution in [1.82, 2.24) is 4.90 Å². The minimum absolute atomic E-state index is 0. The zero-order valence-electron chi connectivity index (χ0n) is 15.1. The summed E-state index contributed by atoms with van der Waals surface area (Å²) in [4.78, 5) is 14.4. The van der Waals surface area contributed by atoms with Crippen molar-refractivity contribution >= 4 is 34.0 Å². The van der Waals surface area contributed by atoms with E-state index in [2.05, 4.69) is 4.72 Å². The Kier molecular flexibility index (Phi) is 6.86. The molecular weight excluding hydrogens is 386 g/mol. The van der Waals surface area contributed by atoms with Crippen molar-refractivity contribution < 1.29 is 13.2 Å². The normalized spacial score (nSPS) is 15.1. The second-order valence-electron chi connectivity index (χ2n) is 6.57. The van der Waals surface area contributed by atoms with Gasteiger partial charge in [-0.2, -0.15) is 0 Å². The van der Waals surface area contributed by atoms with Crippen LogP contribution in [-0.2, 0) is 10.0 Å². The van der Waals surface area contributed by atoms with E-state index in [0.29, 0.717) is 24.3 Å². The molecule has 6 nitrogen and oxygen atoms in total. The highest BCUT2D eigenvalue weighted by molar-refractivity contribution is 7.92. The Hall–Kier alpha value is -2.09. The Morgan fingerprint density at radius 3 is 2.26 bits per heavy atom. The van der Waals surface area contributed by atoms with Crippen LogP contribution in [0.5, 0.6) is 0 Å². The molecule has 1 fully saturated rings. The highest BCUT2D eigenvalue weighted by atomic mass is 35.5. The molecule has 0 saturated carbocycles. The molecule has 3 N–H and O–H groups in total. The van der Waals surface area contributed by atoms with Crippen molar-refractivity contribution in [2.45, 2.75) is 30.7 Å². The van der Waals surface area contributed by atoms with Crippen LogP contribution in [-0.4, -0.2) is 38.4 Å². The van der Waals surface area contributed by atoms with Crippen molar-refractivity contribution in [2.24, 2.45) is 5.73 Å². The monoisotopic (exact) mass is 409 g/mol. The zero-order chi connectivity index (χ0) is 18.7. The van der Waals surface area contributed by atoms with Crippen molar-refractivity contribution in [1.29, 1.82) is 0 Å². The number of para-hydroxylation sites is 1. The first-order chi connectivity index (χ1) is 12.4. The number of piperidine rings is 1. The van der Waals surface area contributed by atoms with Crippen LogP contribution in [0.1, 0.15) is 28.8 Å². The van der Waals surface area contributed by atoms with Gasteiger partial charge < -0.3 is 10.6 Å². The largest absolute Gasteiger partial charge is 0.339 e. The predicted molar refractivity (Wildman–Crippen MR) is 109 cm³/mol. The lowest BCUT2D eigenvalue weighted by Crippen LogP contribution is -2.42. The molecule has 0 radical (unpaired) electrons. The number of aryl methyl sites for hydroxylation is 1. The molecule has 1 aliphatic heterocycles. The molecule has 0 bridgehead atoms. The van der Waals surface area contributed by atoms with Crippen LogP contribution in [0.3, 0.4) is 0 Å². The van der Waals surface area contributed by atoms with E-state index in [1.807, 2.05) is 19.1 Å². The van der Waals surface area contributed by atoms with E-state index < -0.39 is 10.0 Å². The summed E-state index contributed by atoms with van der Waals surface area (Å²) >= 11 is 0. The van der Waals surface area contributed by atoms with Gasteiger partial charge in [0.2, 0.25) is 0 Å². The maximum Gasteiger partial charge on any atom is 0.261 e. The van der Waals surface area contributed by atoms with E-state index in [1.165, 1.54) is 12.1 Å². The van der Waals surface area contributed by atoms with E-state index in [9.17, 15) is 13.2 Å². The summed E-state index contributed by atoms with van der Waals surface area (Å²) in [5, 5.41) is 0. The molecule has 8 heteroatoms. The summed E-state index contributed by atoms with van der Waals surface area (Å²) in [6.07, 6.45) is 1.58. The Morgan fingerprint density at radius 1 is 1.07 bits per heavy atom. The van der Waals surface area contributed by atoms with E-state index in [0.717, 1.165) is 18.4 Å². The van der Waals surface area contributed by atoms with Crippen molar-refractivity contribution in [2.75, 3.05) is 17.8 Å². The number of benzene rings is 2. The third-order valence-electron chi connectivity index (χ3n) is 4.63. The fraction of sp³-hybridized carbons (Fsp3) is 0.316. The third-order valence-corrected chi connectivity index (χ3v) is 6.01. The number of hydrogen-bond donors (Lipinski definition) is 2. The first kappa shape index (κ1) is 21.2. The standard InChI is InChI=1S/C19H23N3O3S.ClH/c1-14-4-2-3-5-18(14)21-26(24,25)17-8-6-15(7-9-17)19(23)22-12-10-16(20)11-13-22;/h2-9,16,21H,10-13,20H2,1H3;1H. The lowest BCUT2D eigenvalue weighted by atomic mass is 10.1. The molecule has 1 saturated heterocycles.